The molecule has 0 unspecified atom stereocenters. The molecule has 23 heavy (non-hydrogen) atoms. The fourth-order valence-electron chi connectivity index (χ4n) is 5.36. The van der Waals surface area contributed by atoms with Crippen LogP contribution in [0.25, 0.3) is 0 Å². The predicted octanol–water partition coefficient (Wildman–Crippen LogP) is 3.57. The summed E-state index contributed by atoms with van der Waals surface area (Å²) in [6.45, 7) is 6.32. The predicted molar refractivity (Wildman–Crippen MR) is 81.9 cm³/mol. The lowest BCUT2D eigenvalue weighted by molar-refractivity contribution is -0.559. The summed E-state index contributed by atoms with van der Waals surface area (Å²) in [6, 6.07) is 0. The number of carbonyl (C=O) groups is 1. The van der Waals surface area contributed by atoms with Gasteiger partial charge in [-0.25, -0.2) is 9.78 Å². The summed E-state index contributed by atoms with van der Waals surface area (Å²) in [7, 11) is 0. The Hall–Kier alpha value is -0.650. The van der Waals surface area contributed by atoms with E-state index in [0.717, 1.165) is 44.9 Å². The molecule has 0 aromatic carbocycles. The third kappa shape index (κ3) is 2.19. The number of rotatable bonds is 3. The molecule has 5 nitrogen and oxygen atoms in total. The van der Waals surface area contributed by atoms with Crippen molar-refractivity contribution in [3.05, 3.63) is 0 Å². The molecule has 1 saturated carbocycles. The standard InChI is InChI=1S/C18H28O5/c1-4-5-6-12-14-8-7-11(2)13-9-10-17(3)21-16(20-15(12)19)18(13,14)23-22-17/h11-14,16H,4-10H2,1-3H3/t11-,12-,13+,14+,16-,17-,18-/m1/s1. The molecule has 4 saturated heterocycles. The van der Waals surface area contributed by atoms with Crippen LogP contribution in [0.5, 0.6) is 0 Å². The van der Waals surface area contributed by atoms with Crippen molar-refractivity contribution in [2.75, 3.05) is 0 Å². The van der Waals surface area contributed by atoms with Crippen molar-refractivity contribution in [2.24, 2.45) is 23.7 Å². The average molecular weight is 324 g/mol. The van der Waals surface area contributed by atoms with E-state index in [1.165, 1.54) is 0 Å². The lowest BCUT2D eigenvalue weighted by Crippen LogP contribution is -2.70. The van der Waals surface area contributed by atoms with E-state index < -0.39 is 17.7 Å². The third-order valence-electron chi connectivity index (χ3n) is 6.66. The third-order valence-corrected chi connectivity index (χ3v) is 6.66. The lowest BCUT2D eigenvalue weighted by Gasteiger charge is -2.58. The fourth-order valence-corrected chi connectivity index (χ4v) is 5.36. The Kier molecular flexibility index (Phi) is 3.74. The molecule has 5 fully saturated rings. The van der Waals surface area contributed by atoms with Crippen LogP contribution in [-0.4, -0.2) is 23.6 Å². The summed E-state index contributed by atoms with van der Waals surface area (Å²) < 4.78 is 11.9. The van der Waals surface area contributed by atoms with E-state index in [9.17, 15) is 4.79 Å². The van der Waals surface area contributed by atoms with E-state index in [1.54, 1.807) is 0 Å². The molecule has 5 aliphatic rings. The average Bonchev–Trinajstić information content (AvgIpc) is 2.74. The van der Waals surface area contributed by atoms with Gasteiger partial charge in [0.05, 0.1) is 5.92 Å². The molecule has 0 N–H and O–H groups in total. The van der Waals surface area contributed by atoms with Crippen LogP contribution in [0.15, 0.2) is 0 Å². The molecule has 0 aromatic rings. The normalized spacial score (nSPS) is 51.8. The van der Waals surface area contributed by atoms with Crippen LogP contribution < -0.4 is 0 Å². The summed E-state index contributed by atoms with van der Waals surface area (Å²) in [5.74, 6) is 0.0126. The number of fused-ring (bicyclic) bond motifs is 2. The van der Waals surface area contributed by atoms with Crippen molar-refractivity contribution in [2.45, 2.75) is 83.4 Å². The zero-order valence-corrected chi connectivity index (χ0v) is 14.4. The first-order chi connectivity index (χ1) is 11.0. The van der Waals surface area contributed by atoms with Gasteiger partial charge in [-0.2, -0.15) is 0 Å². The van der Waals surface area contributed by atoms with Crippen LogP contribution in [0.2, 0.25) is 0 Å². The van der Waals surface area contributed by atoms with Crippen molar-refractivity contribution in [1.29, 1.82) is 0 Å². The number of unbranched alkanes of at least 4 members (excludes halogenated alkanes) is 1. The van der Waals surface area contributed by atoms with Crippen LogP contribution in [0, 0.1) is 23.7 Å². The van der Waals surface area contributed by atoms with Crippen LogP contribution in [0.3, 0.4) is 0 Å². The SMILES string of the molecule is CCCC[C@H]1C(=O)O[C@@H]2O[C@@]3(C)CC[C@H]4[C@H](C)CC[C@@H]1[C@@]24OO3. The van der Waals surface area contributed by atoms with Crippen LogP contribution in [0.4, 0.5) is 0 Å². The smallest absolute Gasteiger partial charge is 0.311 e. The van der Waals surface area contributed by atoms with Crippen molar-refractivity contribution in [3.63, 3.8) is 0 Å². The molecule has 7 atom stereocenters. The van der Waals surface area contributed by atoms with Gasteiger partial charge in [-0.05, 0) is 38.5 Å². The number of hydrogen-bond acceptors (Lipinski definition) is 5. The Bertz CT molecular complexity index is 494. The number of hydrogen-bond donors (Lipinski definition) is 0. The molecule has 0 amide bonds. The summed E-state index contributed by atoms with van der Waals surface area (Å²) >= 11 is 0. The van der Waals surface area contributed by atoms with Gasteiger partial charge >= 0.3 is 5.97 Å². The minimum atomic E-state index is -0.798. The maximum absolute atomic E-state index is 12.6. The van der Waals surface area contributed by atoms with Gasteiger partial charge in [0.1, 0.15) is 0 Å². The number of esters is 1. The van der Waals surface area contributed by atoms with E-state index in [2.05, 4.69) is 13.8 Å². The minimum absolute atomic E-state index is 0.0872. The topological polar surface area (TPSA) is 54.0 Å². The quantitative estimate of drug-likeness (QED) is 0.587. The second-order valence-electron chi connectivity index (χ2n) is 8.10. The second-order valence-corrected chi connectivity index (χ2v) is 8.10. The summed E-state index contributed by atoms with van der Waals surface area (Å²) in [5.41, 5.74) is -0.611. The first-order valence-electron chi connectivity index (χ1n) is 9.25. The Labute approximate surface area is 137 Å². The Morgan fingerprint density at radius 2 is 2.00 bits per heavy atom. The highest BCUT2D eigenvalue weighted by Gasteiger charge is 2.70. The van der Waals surface area contributed by atoms with E-state index in [0.29, 0.717) is 11.8 Å². The van der Waals surface area contributed by atoms with Gasteiger partial charge in [-0.15, -0.1) is 0 Å². The largest absolute Gasteiger partial charge is 0.432 e. The van der Waals surface area contributed by atoms with Gasteiger partial charge in [0, 0.05) is 18.3 Å². The monoisotopic (exact) mass is 324 g/mol. The molecule has 0 aromatic heterocycles. The van der Waals surface area contributed by atoms with Gasteiger partial charge < -0.3 is 9.47 Å². The van der Waals surface area contributed by atoms with Gasteiger partial charge in [0.25, 0.3) is 0 Å². The molecular weight excluding hydrogens is 296 g/mol. The summed E-state index contributed by atoms with van der Waals surface area (Å²) in [5, 5.41) is 0. The molecule has 4 heterocycles. The molecule has 5 rings (SSSR count). The molecule has 0 radical (unpaired) electrons. The number of ether oxygens (including phenoxy) is 2. The van der Waals surface area contributed by atoms with Crippen molar-refractivity contribution in [1.82, 2.24) is 0 Å². The Morgan fingerprint density at radius 3 is 2.78 bits per heavy atom. The molecule has 2 bridgehead atoms. The maximum atomic E-state index is 12.6. The maximum Gasteiger partial charge on any atom is 0.311 e. The van der Waals surface area contributed by atoms with Gasteiger partial charge in [0.15, 0.2) is 5.60 Å². The van der Waals surface area contributed by atoms with Crippen molar-refractivity contribution >= 4 is 5.97 Å². The number of carbonyl (C=O) groups excluding carboxylic acids is 1. The minimum Gasteiger partial charge on any atom is -0.432 e. The van der Waals surface area contributed by atoms with E-state index >= 15 is 0 Å². The summed E-state index contributed by atoms with van der Waals surface area (Å²) in [6.07, 6.45) is 6.28. The zero-order valence-electron chi connectivity index (χ0n) is 14.4. The van der Waals surface area contributed by atoms with Crippen LogP contribution in [-0.2, 0) is 24.0 Å². The molecule has 4 aliphatic heterocycles. The Morgan fingerprint density at radius 1 is 1.17 bits per heavy atom. The molecular formula is C18H28O5. The zero-order chi connectivity index (χ0) is 16.2. The van der Waals surface area contributed by atoms with E-state index in [-0.39, 0.29) is 17.8 Å². The molecule has 1 aliphatic carbocycles. The Balaban J connectivity index is 1.74. The second kappa shape index (κ2) is 5.43. The molecule has 1 spiro atoms. The van der Waals surface area contributed by atoms with E-state index in [4.69, 9.17) is 19.2 Å². The van der Waals surface area contributed by atoms with E-state index in [1.807, 2.05) is 6.92 Å². The van der Waals surface area contributed by atoms with Crippen LogP contribution in [0.1, 0.15) is 65.7 Å². The highest BCUT2D eigenvalue weighted by atomic mass is 17.3. The van der Waals surface area contributed by atoms with Crippen molar-refractivity contribution in [3.8, 4) is 0 Å². The highest BCUT2D eigenvalue weighted by Crippen LogP contribution is 2.60. The van der Waals surface area contributed by atoms with Gasteiger partial charge in [-0.1, -0.05) is 26.7 Å². The van der Waals surface area contributed by atoms with Crippen LogP contribution >= 0.6 is 0 Å². The van der Waals surface area contributed by atoms with Crippen molar-refractivity contribution < 1.29 is 24.0 Å². The summed E-state index contributed by atoms with van der Waals surface area (Å²) in [4.78, 5) is 24.4. The first-order valence-corrected chi connectivity index (χ1v) is 9.25. The van der Waals surface area contributed by atoms with Gasteiger partial charge in [0.2, 0.25) is 12.1 Å². The first kappa shape index (κ1) is 15.9. The fraction of sp³-hybridized carbons (Fsp3) is 0.944. The molecule has 130 valence electrons. The highest BCUT2D eigenvalue weighted by molar-refractivity contribution is 5.74. The molecule has 5 heteroatoms. The van der Waals surface area contributed by atoms with Gasteiger partial charge in [-0.3, -0.25) is 4.79 Å². The lowest BCUT2D eigenvalue weighted by atomic mass is 9.57.